The Morgan fingerprint density at radius 1 is 1.29 bits per heavy atom. The summed E-state index contributed by atoms with van der Waals surface area (Å²) >= 11 is 0. The van der Waals surface area contributed by atoms with Gasteiger partial charge in [-0.2, -0.15) is 0 Å². The number of rotatable bonds is 5. The Hall–Kier alpha value is -2.56. The second-order valence-electron chi connectivity index (χ2n) is 8.84. The summed E-state index contributed by atoms with van der Waals surface area (Å²) in [5, 5.41) is 12.5. The van der Waals surface area contributed by atoms with Crippen molar-refractivity contribution in [3.8, 4) is 0 Å². The van der Waals surface area contributed by atoms with Crippen molar-refractivity contribution in [1.29, 1.82) is 0 Å². The Balaban J connectivity index is 2.00. The first-order valence-corrected chi connectivity index (χ1v) is 9.72. The molecule has 0 saturated heterocycles. The van der Waals surface area contributed by atoms with Crippen LogP contribution in [-0.4, -0.2) is 24.7 Å². The fourth-order valence-electron chi connectivity index (χ4n) is 4.29. The average Bonchev–Trinajstić information content (AvgIpc) is 2.60. The van der Waals surface area contributed by atoms with Gasteiger partial charge in [-0.15, -0.1) is 0 Å². The number of nitrogens with zero attached hydrogens (tertiary/aromatic N) is 1. The minimum atomic E-state index is -0.912. The predicted molar refractivity (Wildman–Crippen MR) is 112 cm³/mol. The standard InChI is InChI=1S/C23H29FN2O2/c1-14(2)13-25-19-11-15(6-8-18(19)24)21-23(3,4)12-17-10-16(22(27)28)7-9-20(17)26(21)5/h6-11,14,21,25H,12-13H2,1-5H3,(H,27,28). The zero-order valence-electron chi connectivity index (χ0n) is 17.2. The van der Waals surface area contributed by atoms with Crippen LogP contribution in [0.4, 0.5) is 15.8 Å². The van der Waals surface area contributed by atoms with Gasteiger partial charge in [-0.1, -0.05) is 33.8 Å². The van der Waals surface area contributed by atoms with Crippen LogP contribution in [-0.2, 0) is 6.42 Å². The Bertz CT molecular complexity index is 892. The Morgan fingerprint density at radius 2 is 2.00 bits per heavy atom. The Kier molecular flexibility index (Phi) is 5.37. The van der Waals surface area contributed by atoms with Gasteiger partial charge in [0, 0.05) is 19.3 Å². The molecule has 0 saturated carbocycles. The highest BCUT2D eigenvalue weighted by Crippen LogP contribution is 2.48. The normalized spacial score (nSPS) is 18.1. The molecule has 1 atom stereocenters. The second-order valence-corrected chi connectivity index (χ2v) is 8.84. The van der Waals surface area contributed by atoms with Crippen LogP contribution in [0, 0.1) is 17.2 Å². The molecule has 2 aromatic carbocycles. The number of carboxylic acid groups (broad SMARTS) is 1. The lowest BCUT2D eigenvalue weighted by molar-refractivity contribution is 0.0696. The topological polar surface area (TPSA) is 52.6 Å². The molecule has 1 heterocycles. The van der Waals surface area contributed by atoms with Crippen LogP contribution < -0.4 is 10.2 Å². The third-order valence-corrected chi connectivity index (χ3v) is 5.49. The van der Waals surface area contributed by atoms with E-state index in [-0.39, 0.29) is 17.3 Å². The summed E-state index contributed by atoms with van der Waals surface area (Å²) in [5.41, 5.74) is 3.80. The number of nitrogens with one attached hydrogen (secondary N) is 1. The molecule has 2 N–H and O–H groups in total. The van der Waals surface area contributed by atoms with Gasteiger partial charge < -0.3 is 15.3 Å². The summed E-state index contributed by atoms with van der Waals surface area (Å²) in [4.78, 5) is 13.5. The number of anilines is 2. The molecule has 28 heavy (non-hydrogen) atoms. The first kappa shape index (κ1) is 20.2. The van der Waals surface area contributed by atoms with Gasteiger partial charge in [0.15, 0.2) is 0 Å². The Labute approximate surface area is 166 Å². The number of hydrogen-bond acceptors (Lipinski definition) is 3. The largest absolute Gasteiger partial charge is 0.478 e. The number of carboxylic acids is 1. The van der Waals surface area contributed by atoms with E-state index in [1.54, 1.807) is 12.1 Å². The minimum absolute atomic E-state index is 0.0517. The highest BCUT2D eigenvalue weighted by atomic mass is 19.1. The van der Waals surface area contributed by atoms with Crippen molar-refractivity contribution in [2.45, 2.75) is 40.2 Å². The summed E-state index contributed by atoms with van der Waals surface area (Å²) in [6.07, 6.45) is 0.755. The molecule has 4 nitrogen and oxygen atoms in total. The summed E-state index contributed by atoms with van der Waals surface area (Å²) in [6, 6.07) is 10.6. The summed E-state index contributed by atoms with van der Waals surface area (Å²) in [6.45, 7) is 9.25. The quantitative estimate of drug-likeness (QED) is 0.729. The zero-order valence-corrected chi connectivity index (χ0v) is 17.2. The lowest BCUT2D eigenvalue weighted by Gasteiger charge is -2.47. The van der Waals surface area contributed by atoms with E-state index >= 15 is 0 Å². The number of carbonyl (C=O) groups is 1. The third-order valence-electron chi connectivity index (χ3n) is 5.49. The number of hydrogen-bond donors (Lipinski definition) is 2. The highest BCUT2D eigenvalue weighted by molar-refractivity contribution is 5.88. The van der Waals surface area contributed by atoms with Crippen molar-refractivity contribution in [1.82, 2.24) is 0 Å². The van der Waals surface area contributed by atoms with Crippen LogP contribution in [0.5, 0.6) is 0 Å². The zero-order chi connectivity index (χ0) is 20.6. The number of aromatic carboxylic acids is 1. The molecule has 1 unspecified atom stereocenters. The molecule has 5 heteroatoms. The molecule has 0 aromatic heterocycles. The van der Waals surface area contributed by atoms with Crippen molar-refractivity contribution in [3.05, 3.63) is 58.9 Å². The predicted octanol–water partition coefficient (Wildman–Crippen LogP) is 5.35. The van der Waals surface area contributed by atoms with Gasteiger partial charge in [0.2, 0.25) is 0 Å². The Morgan fingerprint density at radius 3 is 2.64 bits per heavy atom. The molecule has 0 fully saturated rings. The van der Waals surface area contributed by atoms with E-state index in [1.165, 1.54) is 6.07 Å². The maximum atomic E-state index is 14.3. The molecule has 0 bridgehead atoms. The summed E-state index contributed by atoms with van der Waals surface area (Å²) in [5.74, 6) is -0.732. The molecule has 2 aromatic rings. The van der Waals surface area contributed by atoms with Crippen LogP contribution in [0.15, 0.2) is 36.4 Å². The van der Waals surface area contributed by atoms with Gasteiger partial charge in [0.05, 0.1) is 17.3 Å². The number of fused-ring (bicyclic) bond motifs is 1. The van der Waals surface area contributed by atoms with E-state index in [2.05, 4.69) is 37.9 Å². The van der Waals surface area contributed by atoms with Crippen molar-refractivity contribution in [3.63, 3.8) is 0 Å². The van der Waals surface area contributed by atoms with E-state index in [1.807, 2.05) is 25.2 Å². The van der Waals surface area contributed by atoms with E-state index in [4.69, 9.17) is 0 Å². The summed E-state index contributed by atoms with van der Waals surface area (Å²) < 4.78 is 14.3. The number of benzene rings is 2. The highest BCUT2D eigenvalue weighted by Gasteiger charge is 2.39. The van der Waals surface area contributed by atoms with Gasteiger partial charge in [-0.3, -0.25) is 0 Å². The molecule has 3 rings (SSSR count). The van der Waals surface area contributed by atoms with Crippen molar-refractivity contribution in [2.75, 3.05) is 23.8 Å². The lowest BCUT2D eigenvalue weighted by Crippen LogP contribution is -2.41. The van der Waals surface area contributed by atoms with E-state index < -0.39 is 5.97 Å². The fraction of sp³-hybridized carbons (Fsp3) is 0.435. The van der Waals surface area contributed by atoms with E-state index in [9.17, 15) is 14.3 Å². The first-order valence-electron chi connectivity index (χ1n) is 9.72. The van der Waals surface area contributed by atoms with Crippen LogP contribution >= 0.6 is 0 Å². The molecule has 1 aliphatic heterocycles. The molecule has 150 valence electrons. The van der Waals surface area contributed by atoms with Gasteiger partial charge in [-0.25, -0.2) is 9.18 Å². The SMILES string of the molecule is CC(C)CNc1cc(C2N(C)c3ccc(C(=O)O)cc3CC2(C)C)ccc1F. The lowest BCUT2D eigenvalue weighted by atomic mass is 9.71. The molecule has 0 amide bonds. The van der Waals surface area contributed by atoms with Crippen molar-refractivity contribution in [2.24, 2.45) is 11.3 Å². The maximum Gasteiger partial charge on any atom is 0.335 e. The molecule has 0 spiro atoms. The van der Waals surface area contributed by atoms with Crippen LogP contribution in [0.2, 0.25) is 0 Å². The van der Waals surface area contributed by atoms with Gasteiger partial charge >= 0.3 is 5.97 Å². The molecular weight excluding hydrogens is 355 g/mol. The summed E-state index contributed by atoms with van der Waals surface area (Å²) in [7, 11) is 2.02. The van der Waals surface area contributed by atoms with E-state index in [0.717, 1.165) is 23.2 Å². The van der Waals surface area contributed by atoms with E-state index in [0.29, 0.717) is 23.7 Å². The molecule has 0 radical (unpaired) electrons. The second kappa shape index (κ2) is 7.46. The maximum absolute atomic E-state index is 14.3. The monoisotopic (exact) mass is 384 g/mol. The third kappa shape index (κ3) is 3.84. The minimum Gasteiger partial charge on any atom is -0.478 e. The first-order chi connectivity index (χ1) is 13.1. The van der Waals surface area contributed by atoms with Crippen LogP contribution in [0.3, 0.4) is 0 Å². The van der Waals surface area contributed by atoms with Gasteiger partial charge in [0.25, 0.3) is 0 Å². The van der Waals surface area contributed by atoms with Gasteiger partial charge in [-0.05, 0) is 59.2 Å². The van der Waals surface area contributed by atoms with Crippen LogP contribution in [0.25, 0.3) is 0 Å². The fourth-order valence-corrected chi connectivity index (χ4v) is 4.29. The van der Waals surface area contributed by atoms with Crippen LogP contribution in [0.1, 0.15) is 55.2 Å². The smallest absolute Gasteiger partial charge is 0.335 e. The van der Waals surface area contributed by atoms with Crippen molar-refractivity contribution >= 4 is 17.3 Å². The van der Waals surface area contributed by atoms with Crippen molar-refractivity contribution < 1.29 is 14.3 Å². The average molecular weight is 384 g/mol. The molecular formula is C23H29FN2O2. The molecule has 1 aliphatic rings. The number of halogens is 1. The molecule has 0 aliphatic carbocycles. The van der Waals surface area contributed by atoms with Gasteiger partial charge in [0.1, 0.15) is 5.82 Å².